The standard InChI is InChI=1S/C17H25N3O5/c1-3-17(4-2)15(22)20(16(23)19-17)11-14(21)18-8-6-9-24-12-13-7-5-10-25-13/h5,7,10H,3-4,6,8-9,11-12H2,1-2H3,(H,18,21)(H,19,23). The third-order valence-corrected chi connectivity index (χ3v) is 4.37. The summed E-state index contributed by atoms with van der Waals surface area (Å²) in [5.41, 5.74) is -0.878. The molecule has 1 fully saturated rings. The monoisotopic (exact) mass is 351 g/mol. The molecule has 138 valence electrons. The lowest BCUT2D eigenvalue weighted by Gasteiger charge is -2.22. The fraction of sp³-hybridized carbons (Fsp3) is 0.588. The number of nitrogens with one attached hydrogen (secondary N) is 2. The molecule has 2 rings (SSSR count). The van der Waals surface area contributed by atoms with E-state index in [2.05, 4.69) is 10.6 Å². The van der Waals surface area contributed by atoms with E-state index in [-0.39, 0.29) is 18.4 Å². The van der Waals surface area contributed by atoms with E-state index in [0.717, 1.165) is 10.7 Å². The molecule has 2 heterocycles. The molecule has 0 aliphatic carbocycles. The van der Waals surface area contributed by atoms with Crippen molar-refractivity contribution in [3.05, 3.63) is 24.2 Å². The lowest BCUT2D eigenvalue weighted by molar-refractivity contribution is -0.135. The van der Waals surface area contributed by atoms with Crippen LogP contribution in [0.15, 0.2) is 22.8 Å². The summed E-state index contributed by atoms with van der Waals surface area (Å²) in [6, 6.07) is 3.11. The van der Waals surface area contributed by atoms with E-state index in [9.17, 15) is 14.4 Å². The van der Waals surface area contributed by atoms with Crippen molar-refractivity contribution >= 4 is 17.8 Å². The SMILES string of the molecule is CCC1(CC)NC(=O)N(CC(=O)NCCCOCc2ccco2)C1=O. The summed E-state index contributed by atoms with van der Waals surface area (Å²) in [6.45, 7) is 4.69. The molecule has 1 aliphatic rings. The van der Waals surface area contributed by atoms with Gasteiger partial charge in [0.15, 0.2) is 0 Å². The first kappa shape index (κ1) is 19.0. The van der Waals surface area contributed by atoms with Crippen molar-refractivity contribution in [1.82, 2.24) is 15.5 Å². The molecule has 0 radical (unpaired) electrons. The Kier molecular flexibility index (Phi) is 6.58. The molecular weight excluding hydrogens is 326 g/mol. The van der Waals surface area contributed by atoms with Gasteiger partial charge in [-0.3, -0.25) is 14.5 Å². The number of hydrogen-bond acceptors (Lipinski definition) is 5. The second-order valence-corrected chi connectivity index (χ2v) is 5.95. The van der Waals surface area contributed by atoms with Gasteiger partial charge in [-0.05, 0) is 31.4 Å². The third kappa shape index (κ3) is 4.60. The molecule has 1 aromatic rings. The first-order chi connectivity index (χ1) is 12.0. The lowest BCUT2D eigenvalue weighted by atomic mass is 9.93. The van der Waals surface area contributed by atoms with Crippen molar-refractivity contribution in [1.29, 1.82) is 0 Å². The topological polar surface area (TPSA) is 101 Å². The molecule has 2 N–H and O–H groups in total. The lowest BCUT2D eigenvalue weighted by Crippen LogP contribution is -2.46. The Labute approximate surface area is 146 Å². The number of carbonyl (C=O) groups is 3. The van der Waals surface area contributed by atoms with Gasteiger partial charge >= 0.3 is 6.03 Å². The number of rotatable bonds is 10. The van der Waals surface area contributed by atoms with Crippen molar-refractivity contribution in [3.8, 4) is 0 Å². The van der Waals surface area contributed by atoms with E-state index in [1.165, 1.54) is 0 Å². The number of ether oxygens (including phenoxy) is 1. The van der Waals surface area contributed by atoms with Crippen LogP contribution in [0.3, 0.4) is 0 Å². The van der Waals surface area contributed by atoms with Gasteiger partial charge in [-0.15, -0.1) is 0 Å². The Morgan fingerprint density at radius 1 is 1.36 bits per heavy atom. The van der Waals surface area contributed by atoms with Crippen molar-refractivity contribution in [2.75, 3.05) is 19.7 Å². The van der Waals surface area contributed by atoms with E-state index < -0.39 is 11.6 Å². The summed E-state index contributed by atoms with van der Waals surface area (Å²) in [5.74, 6) is 0.0508. The van der Waals surface area contributed by atoms with Crippen LogP contribution in [0.25, 0.3) is 0 Å². The summed E-state index contributed by atoms with van der Waals surface area (Å²) >= 11 is 0. The van der Waals surface area contributed by atoms with Crippen LogP contribution in [0.5, 0.6) is 0 Å². The number of amides is 4. The quantitative estimate of drug-likeness (QED) is 0.490. The summed E-state index contributed by atoms with van der Waals surface area (Å²) < 4.78 is 10.5. The van der Waals surface area contributed by atoms with Gasteiger partial charge in [0.1, 0.15) is 24.5 Å². The molecule has 0 unspecified atom stereocenters. The Hall–Kier alpha value is -2.35. The maximum absolute atomic E-state index is 12.4. The molecule has 4 amide bonds. The fourth-order valence-corrected chi connectivity index (χ4v) is 2.72. The van der Waals surface area contributed by atoms with Crippen LogP contribution in [0.1, 0.15) is 38.9 Å². The summed E-state index contributed by atoms with van der Waals surface area (Å²) in [7, 11) is 0. The molecule has 0 spiro atoms. The first-order valence-electron chi connectivity index (χ1n) is 8.53. The normalized spacial score (nSPS) is 16.2. The Morgan fingerprint density at radius 2 is 2.12 bits per heavy atom. The molecule has 8 heteroatoms. The second kappa shape index (κ2) is 8.66. The zero-order valence-electron chi connectivity index (χ0n) is 14.7. The van der Waals surface area contributed by atoms with Gasteiger partial charge in [0.2, 0.25) is 5.91 Å². The van der Waals surface area contributed by atoms with E-state index in [4.69, 9.17) is 9.15 Å². The third-order valence-electron chi connectivity index (χ3n) is 4.37. The van der Waals surface area contributed by atoms with Crippen LogP contribution in [-0.2, 0) is 20.9 Å². The van der Waals surface area contributed by atoms with E-state index in [0.29, 0.717) is 39.0 Å². The molecule has 8 nitrogen and oxygen atoms in total. The highest BCUT2D eigenvalue weighted by Gasteiger charge is 2.49. The molecule has 1 saturated heterocycles. The molecule has 0 aromatic carbocycles. The molecule has 25 heavy (non-hydrogen) atoms. The maximum atomic E-state index is 12.4. The fourth-order valence-electron chi connectivity index (χ4n) is 2.72. The molecule has 0 saturated carbocycles. The van der Waals surface area contributed by atoms with Crippen molar-refractivity contribution in [3.63, 3.8) is 0 Å². The number of nitrogens with zero attached hydrogens (tertiary/aromatic N) is 1. The smallest absolute Gasteiger partial charge is 0.325 e. The first-order valence-corrected chi connectivity index (χ1v) is 8.53. The second-order valence-electron chi connectivity index (χ2n) is 5.95. The number of furan rings is 1. The zero-order chi connectivity index (χ0) is 18.3. The minimum atomic E-state index is -0.878. The van der Waals surface area contributed by atoms with Gasteiger partial charge in [-0.2, -0.15) is 0 Å². The van der Waals surface area contributed by atoms with Gasteiger partial charge in [0, 0.05) is 13.2 Å². The summed E-state index contributed by atoms with van der Waals surface area (Å²) in [4.78, 5) is 37.3. The van der Waals surface area contributed by atoms with E-state index in [1.54, 1.807) is 12.3 Å². The van der Waals surface area contributed by atoms with Crippen LogP contribution in [-0.4, -0.2) is 48.0 Å². The van der Waals surface area contributed by atoms with Gasteiger partial charge in [-0.1, -0.05) is 13.8 Å². The highest BCUT2D eigenvalue weighted by Crippen LogP contribution is 2.24. The van der Waals surface area contributed by atoms with Crippen LogP contribution >= 0.6 is 0 Å². The van der Waals surface area contributed by atoms with Crippen molar-refractivity contribution < 1.29 is 23.5 Å². The van der Waals surface area contributed by atoms with Crippen LogP contribution in [0.2, 0.25) is 0 Å². The number of imide groups is 1. The van der Waals surface area contributed by atoms with Crippen molar-refractivity contribution in [2.24, 2.45) is 0 Å². The molecular formula is C17H25N3O5. The largest absolute Gasteiger partial charge is 0.467 e. The van der Waals surface area contributed by atoms with Crippen LogP contribution < -0.4 is 10.6 Å². The minimum Gasteiger partial charge on any atom is -0.467 e. The molecule has 0 atom stereocenters. The average molecular weight is 351 g/mol. The Bertz CT molecular complexity index is 595. The molecule has 1 aromatic heterocycles. The number of hydrogen-bond donors (Lipinski definition) is 2. The minimum absolute atomic E-state index is 0.264. The van der Waals surface area contributed by atoms with Gasteiger partial charge in [0.05, 0.1) is 6.26 Å². The Balaban J connectivity index is 1.66. The van der Waals surface area contributed by atoms with Crippen molar-refractivity contribution in [2.45, 2.75) is 45.3 Å². The van der Waals surface area contributed by atoms with Gasteiger partial charge < -0.3 is 19.8 Å². The predicted octanol–water partition coefficient (Wildman–Crippen LogP) is 1.41. The number of carbonyl (C=O) groups excluding carboxylic acids is 3. The zero-order valence-corrected chi connectivity index (χ0v) is 14.7. The van der Waals surface area contributed by atoms with E-state index in [1.807, 2.05) is 19.9 Å². The summed E-state index contributed by atoms with van der Waals surface area (Å²) in [6.07, 6.45) is 3.21. The van der Waals surface area contributed by atoms with Crippen LogP contribution in [0.4, 0.5) is 4.79 Å². The van der Waals surface area contributed by atoms with E-state index >= 15 is 0 Å². The van der Waals surface area contributed by atoms with Crippen LogP contribution in [0, 0.1) is 0 Å². The van der Waals surface area contributed by atoms with Gasteiger partial charge in [0.25, 0.3) is 5.91 Å². The Morgan fingerprint density at radius 3 is 2.72 bits per heavy atom. The highest BCUT2D eigenvalue weighted by molar-refractivity contribution is 6.08. The van der Waals surface area contributed by atoms with Gasteiger partial charge in [-0.25, -0.2) is 4.79 Å². The summed E-state index contributed by atoms with van der Waals surface area (Å²) in [5, 5.41) is 5.39. The molecule has 1 aliphatic heterocycles. The maximum Gasteiger partial charge on any atom is 0.325 e. The average Bonchev–Trinajstić information content (AvgIpc) is 3.20. The molecule has 0 bridgehead atoms. The highest BCUT2D eigenvalue weighted by atomic mass is 16.5. The number of urea groups is 1. The predicted molar refractivity (Wildman–Crippen MR) is 89.5 cm³/mol.